The maximum atomic E-state index is 5.83. The van der Waals surface area contributed by atoms with Crippen LogP contribution in [0.5, 0.6) is 0 Å². The zero-order chi connectivity index (χ0) is 14.4. The lowest BCUT2D eigenvalue weighted by molar-refractivity contribution is 0.257. The third-order valence-electron chi connectivity index (χ3n) is 3.13. The van der Waals surface area contributed by atoms with E-state index < -0.39 is 0 Å². The van der Waals surface area contributed by atoms with Crippen molar-refractivity contribution in [3.8, 4) is 0 Å². The standard InChI is InChI=1S/C15H29N3O/c1-12(2)16-10-14-9-15(19-13(14)3)11-18(6)8-7-17(4)5/h9,12,16H,7-8,10-11H2,1-6H3. The van der Waals surface area contributed by atoms with Gasteiger partial charge in [0, 0.05) is 31.2 Å². The molecule has 0 bridgehead atoms. The number of aryl methyl sites for hydroxylation is 1. The molecule has 1 rings (SSSR count). The summed E-state index contributed by atoms with van der Waals surface area (Å²) in [4.78, 5) is 4.49. The maximum Gasteiger partial charge on any atom is 0.118 e. The van der Waals surface area contributed by atoms with Crippen molar-refractivity contribution < 1.29 is 4.42 Å². The van der Waals surface area contributed by atoms with Crippen molar-refractivity contribution in [2.24, 2.45) is 0 Å². The van der Waals surface area contributed by atoms with Crippen LogP contribution in [0.15, 0.2) is 10.5 Å². The Kier molecular flexibility index (Phi) is 6.55. The van der Waals surface area contributed by atoms with Crippen molar-refractivity contribution in [3.63, 3.8) is 0 Å². The van der Waals surface area contributed by atoms with E-state index >= 15 is 0 Å². The predicted molar refractivity (Wildman–Crippen MR) is 80.3 cm³/mol. The molecule has 1 aromatic rings. The van der Waals surface area contributed by atoms with Crippen molar-refractivity contribution >= 4 is 0 Å². The van der Waals surface area contributed by atoms with Gasteiger partial charge in [0.05, 0.1) is 6.54 Å². The van der Waals surface area contributed by atoms with Gasteiger partial charge in [-0.25, -0.2) is 0 Å². The Balaban J connectivity index is 2.48. The highest BCUT2D eigenvalue weighted by Gasteiger charge is 2.10. The normalized spacial score (nSPS) is 12.1. The van der Waals surface area contributed by atoms with Gasteiger partial charge in [0.25, 0.3) is 0 Å². The first-order valence-electron chi connectivity index (χ1n) is 7.03. The van der Waals surface area contributed by atoms with Gasteiger partial charge in [0.15, 0.2) is 0 Å². The molecule has 0 aliphatic heterocycles. The second-order valence-electron chi connectivity index (χ2n) is 5.87. The van der Waals surface area contributed by atoms with Crippen LogP contribution in [0.4, 0.5) is 0 Å². The summed E-state index contributed by atoms with van der Waals surface area (Å²) in [5, 5.41) is 3.43. The van der Waals surface area contributed by atoms with Crippen LogP contribution in [-0.2, 0) is 13.1 Å². The van der Waals surface area contributed by atoms with E-state index in [-0.39, 0.29) is 0 Å². The molecule has 0 saturated heterocycles. The van der Waals surface area contributed by atoms with Crippen LogP contribution in [0.3, 0.4) is 0 Å². The number of furan rings is 1. The molecule has 1 N–H and O–H groups in total. The van der Waals surface area contributed by atoms with E-state index in [1.807, 2.05) is 6.92 Å². The highest BCUT2D eigenvalue weighted by atomic mass is 16.3. The molecule has 0 aliphatic carbocycles. The smallest absolute Gasteiger partial charge is 0.118 e. The van der Waals surface area contributed by atoms with Crippen LogP contribution in [0.2, 0.25) is 0 Å². The van der Waals surface area contributed by atoms with Crippen molar-refractivity contribution in [2.45, 2.75) is 39.9 Å². The minimum atomic E-state index is 0.500. The van der Waals surface area contributed by atoms with Gasteiger partial charge in [0.2, 0.25) is 0 Å². The summed E-state index contributed by atoms with van der Waals surface area (Å²) in [6.45, 7) is 10.2. The zero-order valence-corrected chi connectivity index (χ0v) is 13.3. The lowest BCUT2D eigenvalue weighted by Gasteiger charge is -2.17. The predicted octanol–water partition coefficient (Wildman–Crippen LogP) is 2.08. The first-order chi connectivity index (χ1) is 8.88. The molecule has 0 atom stereocenters. The van der Waals surface area contributed by atoms with E-state index in [9.17, 15) is 0 Å². The zero-order valence-electron chi connectivity index (χ0n) is 13.3. The van der Waals surface area contributed by atoms with Gasteiger partial charge in [-0.15, -0.1) is 0 Å². The molecule has 4 nitrogen and oxygen atoms in total. The summed E-state index contributed by atoms with van der Waals surface area (Å²) in [5.41, 5.74) is 1.27. The third kappa shape index (κ3) is 6.23. The van der Waals surface area contributed by atoms with Gasteiger partial charge in [-0.2, -0.15) is 0 Å². The van der Waals surface area contributed by atoms with Crippen LogP contribution < -0.4 is 5.32 Å². The number of rotatable bonds is 8. The Morgan fingerprint density at radius 2 is 1.89 bits per heavy atom. The van der Waals surface area contributed by atoms with E-state index in [0.29, 0.717) is 6.04 Å². The average Bonchev–Trinajstić information content (AvgIpc) is 2.64. The molecule has 1 heterocycles. The molecule has 19 heavy (non-hydrogen) atoms. The highest BCUT2D eigenvalue weighted by molar-refractivity contribution is 5.20. The SMILES string of the molecule is Cc1oc(CN(C)CCN(C)C)cc1CNC(C)C. The molecule has 0 radical (unpaired) electrons. The second-order valence-corrected chi connectivity index (χ2v) is 5.87. The Hall–Kier alpha value is -0.840. The van der Waals surface area contributed by atoms with E-state index in [2.05, 4.69) is 56.2 Å². The van der Waals surface area contributed by atoms with E-state index in [1.165, 1.54) is 5.56 Å². The quantitative estimate of drug-likeness (QED) is 0.781. The Morgan fingerprint density at radius 3 is 2.47 bits per heavy atom. The number of nitrogens with one attached hydrogen (secondary N) is 1. The lowest BCUT2D eigenvalue weighted by atomic mass is 10.2. The number of hydrogen-bond acceptors (Lipinski definition) is 4. The maximum absolute atomic E-state index is 5.83. The van der Waals surface area contributed by atoms with Crippen molar-refractivity contribution in [3.05, 3.63) is 23.2 Å². The Morgan fingerprint density at radius 1 is 1.21 bits per heavy atom. The number of hydrogen-bond donors (Lipinski definition) is 1. The summed E-state index contributed by atoms with van der Waals surface area (Å²) in [6, 6.07) is 2.68. The lowest BCUT2D eigenvalue weighted by Crippen LogP contribution is -2.28. The van der Waals surface area contributed by atoms with Crippen LogP contribution >= 0.6 is 0 Å². The molecule has 0 aliphatic rings. The Bertz CT molecular complexity index is 371. The second kappa shape index (κ2) is 7.68. The molecular formula is C15H29N3O. The molecule has 1 aromatic heterocycles. The summed E-state index contributed by atoms with van der Waals surface area (Å²) < 4.78 is 5.83. The molecule has 0 saturated carbocycles. The highest BCUT2D eigenvalue weighted by Crippen LogP contribution is 2.16. The number of nitrogens with zero attached hydrogens (tertiary/aromatic N) is 2. The summed E-state index contributed by atoms with van der Waals surface area (Å²) in [6.07, 6.45) is 0. The summed E-state index contributed by atoms with van der Waals surface area (Å²) in [7, 11) is 6.33. The third-order valence-corrected chi connectivity index (χ3v) is 3.13. The molecule has 0 spiro atoms. The fourth-order valence-corrected chi connectivity index (χ4v) is 1.87. The van der Waals surface area contributed by atoms with E-state index in [4.69, 9.17) is 4.42 Å². The minimum Gasteiger partial charge on any atom is -0.465 e. The molecule has 0 aromatic carbocycles. The fraction of sp³-hybridized carbons (Fsp3) is 0.733. The molecule has 0 fully saturated rings. The average molecular weight is 267 g/mol. The van der Waals surface area contributed by atoms with Gasteiger partial charge in [0.1, 0.15) is 11.5 Å². The topological polar surface area (TPSA) is 31.7 Å². The van der Waals surface area contributed by atoms with Crippen molar-refractivity contribution in [1.29, 1.82) is 0 Å². The Labute approximate surface area is 117 Å². The summed E-state index contributed by atoms with van der Waals surface area (Å²) in [5.74, 6) is 2.09. The first kappa shape index (κ1) is 16.2. The van der Waals surface area contributed by atoms with E-state index in [1.54, 1.807) is 0 Å². The minimum absolute atomic E-state index is 0.500. The van der Waals surface area contributed by atoms with Crippen LogP contribution in [0.25, 0.3) is 0 Å². The van der Waals surface area contributed by atoms with Crippen LogP contribution in [0.1, 0.15) is 30.9 Å². The summed E-state index contributed by atoms with van der Waals surface area (Å²) >= 11 is 0. The molecule has 4 heteroatoms. The van der Waals surface area contributed by atoms with Gasteiger partial charge in [-0.05, 0) is 34.1 Å². The van der Waals surface area contributed by atoms with Gasteiger partial charge in [-0.1, -0.05) is 13.8 Å². The van der Waals surface area contributed by atoms with Gasteiger partial charge >= 0.3 is 0 Å². The van der Waals surface area contributed by atoms with Gasteiger partial charge in [-0.3, -0.25) is 4.90 Å². The monoisotopic (exact) mass is 267 g/mol. The largest absolute Gasteiger partial charge is 0.465 e. The molecule has 0 amide bonds. The molecule has 110 valence electrons. The molecule has 0 unspecified atom stereocenters. The number of likely N-dealkylation sites (N-methyl/N-ethyl adjacent to an activating group) is 2. The van der Waals surface area contributed by atoms with E-state index in [0.717, 1.165) is 37.7 Å². The first-order valence-corrected chi connectivity index (χ1v) is 7.03. The van der Waals surface area contributed by atoms with Crippen LogP contribution in [-0.4, -0.2) is 50.1 Å². The van der Waals surface area contributed by atoms with Crippen molar-refractivity contribution in [1.82, 2.24) is 15.1 Å². The molecular weight excluding hydrogens is 238 g/mol. The van der Waals surface area contributed by atoms with Crippen LogP contribution in [0, 0.1) is 6.92 Å². The van der Waals surface area contributed by atoms with Gasteiger partial charge < -0.3 is 14.6 Å². The van der Waals surface area contributed by atoms with Crippen molar-refractivity contribution in [2.75, 3.05) is 34.2 Å². The fourth-order valence-electron chi connectivity index (χ4n) is 1.87.